The Balaban J connectivity index is 1.79. The zero-order valence-corrected chi connectivity index (χ0v) is 11.9. The van der Waals surface area contributed by atoms with E-state index in [-0.39, 0.29) is 5.91 Å². The van der Waals surface area contributed by atoms with Gasteiger partial charge in [-0.15, -0.1) is 11.6 Å². The van der Waals surface area contributed by atoms with Crippen LogP contribution in [0.1, 0.15) is 23.2 Å². The number of aromatic nitrogens is 2. The first-order chi connectivity index (χ1) is 9.78. The molecule has 0 unspecified atom stereocenters. The van der Waals surface area contributed by atoms with Crippen molar-refractivity contribution in [3.8, 4) is 0 Å². The van der Waals surface area contributed by atoms with Crippen LogP contribution in [0.3, 0.4) is 0 Å². The van der Waals surface area contributed by atoms with Crippen molar-refractivity contribution in [2.24, 2.45) is 5.92 Å². The number of carbonyl (C=O) groups is 1. The maximum absolute atomic E-state index is 12.5. The highest BCUT2D eigenvalue weighted by molar-refractivity contribution is 6.18. The van der Waals surface area contributed by atoms with Gasteiger partial charge in [-0.25, -0.2) is 0 Å². The van der Waals surface area contributed by atoms with Gasteiger partial charge in [0, 0.05) is 36.9 Å². The third kappa shape index (κ3) is 2.61. The molecule has 1 amide bonds. The largest absolute Gasteiger partial charge is 0.339 e. The van der Waals surface area contributed by atoms with E-state index in [4.69, 9.17) is 11.6 Å². The van der Waals surface area contributed by atoms with Crippen LogP contribution in [0.25, 0.3) is 11.0 Å². The number of piperidine rings is 1. The maximum Gasteiger partial charge on any atom is 0.253 e. The highest BCUT2D eigenvalue weighted by Crippen LogP contribution is 2.21. The van der Waals surface area contributed by atoms with Crippen molar-refractivity contribution in [1.82, 2.24) is 14.9 Å². The first-order valence-corrected chi connectivity index (χ1v) is 7.37. The first-order valence-electron chi connectivity index (χ1n) is 6.84. The normalized spacial score (nSPS) is 16.6. The van der Waals surface area contributed by atoms with Crippen LogP contribution in [-0.2, 0) is 0 Å². The fraction of sp³-hybridized carbons (Fsp3) is 0.400. The number of likely N-dealkylation sites (tertiary alicyclic amines) is 1. The maximum atomic E-state index is 12.5. The van der Waals surface area contributed by atoms with Gasteiger partial charge in [-0.05, 0) is 37.0 Å². The molecule has 3 rings (SSSR count). The molecule has 1 aromatic carbocycles. The molecular formula is C15H16ClN3O. The van der Waals surface area contributed by atoms with E-state index in [1.54, 1.807) is 12.4 Å². The second-order valence-corrected chi connectivity index (χ2v) is 5.46. The lowest BCUT2D eigenvalue weighted by atomic mass is 9.98. The molecule has 0 atom stereocenters. The highest BCUT2D eigenvalue weighted by atomic mass is 35.5. The third-order valence-corrected chi connectivity index (χ3v) is 4.27. The van der Waals surface area contributed by atoms with Gasteiger partial charge in [0.05, 0.1) is 11.0 Å². The third-order valence-electron chi connectivity index (χ3n) is 3.84. The zero-order chi connectivity index (χ0) is 13.9. The summed E-state index contributed by atoms with van der Waals surface area (Å²) in [4.78, 5) is 22.8. The Morgan fingerprint density at radius 3 is 2.60 bits per heavy atom. The van der Waals surface area contributed by atoms with Crippen molar-refractivity contribution in [1.29, 1.82) is 0 Å². The van der Waals surface area contributed by atoms with E-state index in [9.17, 15) is 4.79 Å². The number of halogens is 1. The minimum atomic E-state index is 0.0746. The van der Waals surface area contributed by atoms with E-state index in [1.165, 1.54) is 0 Å². The number of hydrogen-bond donors (Lipinski definition) is 0. The molecule has 0 saturated carbocycles. The van der Waals surface area contributed by atoms with E-state index in [0.29, 0.717) is 17.4 Å². The second kappa shape index (κ2) is 5.75. The SMILES string of the molecule is O=C(c1ccc2nccnc2c1)N1CCC(CCl)CC1. The van der Waals surface area contributed by atoms with Crippen molar-refractivity contribution in [2.75, 3.05) is 19.0 Å². The second-order valence-electron chi connectivity index (χ2n) is 5.15. The molecule has 0 spiro atoms. The molecule has 1 aliphatic heterocycles. The minimum Gasteiger partial charge on any atom is -0.339 e. The molecule has 20 heavy (non-hydrogen) atoms. The zero-order valence-electron chi connectivity index (χ0n) is 11.1. The molecule has 0 aliphatic carbocycles. The summed E-state index contributed by atoms with van der Waals surface area (Å²) < 4.78 is 0. The summed E-state index contributed by atoms with van der Waals surface area (Å²) in [5.41, 5.74) is 2.25. The number of fused-ring (bicyclic) bond motifs is 1. The number of nitrogens with zero attached hydrogens (tertiary/aromatic N) is 3. The highest BCUT2D eigenvalue weighted by Gasteiger charge is 2.23. The van der Waals surface area contributed by atoms with Crippen LogP contribution < -0.4 is 0 Å². The molecule has 104 valence electrons. The van der Waals surface area contributed by atoms with Crippen LogP contribution in [0.2, 0.25) is 0 Å². The monoisotopic (exact) mass is 289 g/mol. The smallest absolute Gasteiger partial charge is 0.253 e. The lowest BCUT2D eigenvalue weighted by Crippen LogP contribution is -2.38. The van der Waals surface area contributed by atoms with Gasteiger partial charge in [-0.2, -0.15) is 0 Å². The van der Waals surface area contributed by atoms with Gasteiger partial charge < -0.3 is 4.90 Å². The van der Waals surface area contributed by atoms with E-state index in [1.807, 2.05) is 23.1 Å². The summed E-state index contributed by atoms with van der Waals surface area (Å²) in [6.07, 6.45) is 5.27. The quantitative estimate of drug-likeness (QED) is 0.799. The molecule has 0 radical (unpaired) electrons. The average Bonchev–Trinajstić information content (AvgIpc) is 2.54. The molecule has 5 heteroatoms. The Labute approximate surface area is 122 Å². The Hall–Kier alpha value is -1.68. The lowest BCUT2D eigenvalue weighted by molar-refractivity contribution is 0.0698. The summed E-state index contributed by atoms with van der Waals surface area (Å²) in [5, 5.41) is 0. The van der Waals surface area contributed by atoms with Crippen LogP contribution in [-0.4, -0.2) is 39.7 Å². The fourth-order valence-electron chi connectivity index (χ4n) is 2.57. The van der Waals surface area contributed by atoms with Crippen molar-refractivity contribution in [3.63, 3.8) is 0 Å². The number of benzene rings is 1. The van der Waals surface area contributed by atoms with Crippen LogP contribution >= 0.6 is 11.6 Å². The molecule has 0 bridgehead atoms. The standard InChI is InChI=1S/C15H16ClN3O/c16-10-11-3-7-19(8-4-11)15(20)12-1-2-13-14(9-12)18-6-5-17-13/h1-2,5-6,9,11H,3-4,7-8,10H2. The molecule has 2 aromatic rings. The molecular weight excluding hydrogens is 274 g/mol. The summed E-state index contributed by atoms with van der Waals surface area (Å²) in [6, 6.07) is 5.49. The number of hydrogen-bond acceptors (Lipinski definition) is 3. The molecule has 1 fully saturated rings. The van der Waals surface area contributed by atoms with Crippen LogP contribution in [0.5, 0.6) is 0 Å². The Kier molecular flexibility index (Phi) is 3.83. The van der Waals surface area contributed by atoms with Gasteiger partial charge >= 0.3 is 0 Å². The molecule has 2 heterocycles. The number of amides is 1. The summed E-state index contributed by atoms with van der Waals surface area (Å²) in [5.74, 6) is 1.31. The summed E-state index contributed by atoms with van der Waals surface area (Å²) in [7, 11) is 0. The van der Waals surface area contributed by atoms with Gasteiger partial charge in [-0.3, -0.25) is 14.8 Å². The topological polar surface area (TPSA) is 46.1 Å². The molecule has 4 nitrogen and oxygen atoms in total. The van der Waals surface area contributed by atoms with Crippen molar-refractivity contribution >= 4 is 28.5 Å². The predicted octanol–water partition coefficient (Wildman–Crippen LogP) is 2.72. The average molecular weight is 290 g/mol. The van der Waals surface area contributed by atoms with Crippen molar-refractivity contribution in [2.45, 2.75) is 12.8 Å². The molecule has 1 saturated heterocycles. The van der Waals surface area contributed by atoms with Crippen molar-refractivity contribution < 1.29 is 4.79 Å². The first kappa shape index (κ1) is 13.3. The number of alkyl halides is 1. The van der Waals surface area contributed by atoms with Crippen LogP contribution in [0.15, 0.2) is 30.6 Å². The fourth-order valence-corrected chi connectivity index (χ4v) is 2.88. The summed E-state index contributed by atoms with van der Waals surface area (Å²) in [6.45, 7) is 1.57. The lowest BCUT2D eigenvalue weighted by Gasteiger charge is -2.31. The molecule has 1 aliphatic rings. The number of carbonyl (C=O) groups excluding carboxylic acids is 1. The Morgan fingerprint density at radius 1 is 1.20 bits per heavy atom. The molecule has 1 aromatic heterocycles. The predicted molar refractivity (Wildman–Crippen MR) is 78.9 cm³/mol. The van der Waals surface area contributed by atoms with E-state index >= 15 is 0 Å². The Morgan fingerprint density at radius 2 is 1.90 bits per heavy atom. The van der Waals surface area contributed by atoms with Gasteiger partial charge in [0.1, 0.15) is 0 Å². The molecule has 0 N–H and O–H groups in total. The van der Waals surface area contributed by atoms with E-state index in [2.05, 4.69) is 9.97 Å². The van der Waals surface area contributed by atoms with Gasteiger partial charge in [0.25, 0.3) is 5.91 Å². The van der Waals surface area contributed by atoms with E-state index in [0.717, 1.165) is 37.0 Å². The van der Waals surface area contributed by atoms with Gasteiger partial charge in [0.2, 0.25) is 0 Å². The Bertz CT molecular complexity index is 623. The minimum absolute atomic E-state index is 0.0746. The summed E-state index contributed by atoms with van der Waals surface area (Å²) >= 11 is 5.87. The van der Waals surface area contributed by atoms with Crippen LogP contribution in [0, 0.1) is 5.92 Å². The van der Waals surface area contributed by atoms with E-state index < -0.39 is 0 Å². The number of rotatable bonds is 2. The van der Waals surface area contributed by atoms with Gasteiger partial charge in [-0.1, -0.05) is 0 Å². The van der Waals surface area contributed by atoms with Gasteiger partial charge in [0.15, 0.2) is 0 Å². The van der Waals surface area contributed by atoms with Crippen LogP contribution in [0.4, 0.5) is 0 Å². The van der Waals surface area contributed by atoms with Crippen molar-refractivity contribution in [3.05, 3.63) is 36.2 Å².